The Morgan fingerprint density at radius 1 is 1.63 bits per heavy atom. The van der Waals surface area contributed by atoms with Gasteiger partial charge < -0.3 is 9.63 Å². The molecule has 0 unspecified atom stereocenters. The summed E-state index contributed by atoms with van der Waals surface area (Å²) < 4.78 is 5.31. The van der Waals surface area contributed by atoms with Crippen LogP contribution in [0.4, 0.5) is 0 Å². The summed E-state index contributed by atoms with van der Waals surface area (Å²) in [5.41, 5.74) is 0.856. The molecule has 0 aliphatic carbocycles. The first-order valence-electron chi connectivity index (χ1n) is 6.17. The van der Waals surface area contributed by atoms with Crippen LogP contribution >= 0.6 is 11.3 Å². The van der Waals surface area contributed by atoms with E-state index in [1.807, 2.05) is 23.6 Å². The van der Waals surface area contributed by atoms with Gasteiger partial charge in [0.1, 0.15) is 0 Å². The number of thiophene rings is 1. The fourth-order valence-electron chi connectivity index (χ4n) is 2.33. The lowest BCUT2D eigenvalue weighted by molar-refractivity contribution is -0.141. The van der Waals surface area contributed by atoms with Crippen LogP contribution in [0, 0.1) is 5.92 Å². The van der Waals surface area contributed by atoms with Gasteiger partial charge >= 0.3 is 5.97 Å². The molecule has 1 aliphatic rings. The van der Waals surface area contributed by atoms with Gasteiger partial charge in [-0.2, -0.15) is 0 Å². The highest BCUT2D eigenvalue weighted by molar-refractivity contribution is 7.13. The van der Waals surface area contributed by atoms with Crippen LogP contribution in [-0.4, -0.2) is 34.2 Å². The minimum absolute atomic E-state index is 0.247. The first-order chi connectivity index (χ1) is 9.22. The van der Waals surface area contributed by atoms with E-state index in [4.69, 9.17) is 9.63 Å². The van der Waals surface area contributed by atoms with Gasteiger partial charge in [-0.3, -0.25) is 9.69 Å². The normalized spacial score (nSPS) is 19.9. The Labute approximate surface area is 114 Å². The molecule has 0 saturated carbocycles. The second-order valence-corrected chi connectivity index (χ2v) is 5.67. The van der Waals surface area contributed by atoms with Crippen molar-refractivity contribution in [3.8, 4) is 10.6 Å². The van der Waals surface area contributed by atoms with E-state index >= 15 is 0 Å². The number of likely N-dealkylation sites (tertiary alicyclic amines) is 1. The number of carboxylic acids is 1. The van der Waals surface area contributed by atoms with Gasteiger partial charge in [0.2, 0.25) is 0 Å². The van der Waals surface area contributed by atoms with E-state index in [1.165, 1.54) is 0 Å². The first kappa shape index (κ1) is 12.4. The average Bonchev–Trinajstić information content (AvgIpc) is 3.09. The lowest BCUT2D eigenvalue weighted by Crippen LogP contribution is -2.22. The molecule has 6 heteroatoms. The molecular formula is C13H14N2O3S. The van der Waals surface area contributed by atoms with Crippen LogP contribution in [0.25, 0.3) is 10.6 Å². The molecule has 1 atom stereocenters. The maximum absolute atomic E-state index is 10.9. The Morgan fingerprint density at radius 3 is 3.21 bits per heavy atom. The number of hydrogen-bond donors (Lipinski definition) is 1. The summed E-state index contributed by atoms with van der Waals surface area (Å²) in [4.78, 5) is 14.1. The fourth-order valence-corrected chi connectivity index (χ4v) is 3.00. The van der Waals surface area contributed by atoms with Crippen molar-refractivity contribution in [3.05, 3.63) is 29.3 Å². The van der Waals surface area contributed by atoms with E-state index in [9.17, 15) is 4.79 Å². The van der Waals surface area contributed by atoms with Gasteiger partial charge in [0.25, 0.3) is 0 Å². The number of rotatable bonds is 4. The summed E-state index contributed by atoms with van der Waals surface area (Å²) >= 11 is 1.61. The number of carbonyl (C=O) groups is 1. The van der Waals surface area contributed by atoms with Crippen LogP contribution in [0.5, 0.6) is 0 Å². The zero-order valence-corrected chi connectivity index (χ0v) is 11.1. The molecule has 2 aromatic heterocycles. The zero-order chi connectivity index (χ0) is 13.2. The third-order valence-electron chi connectivity index (χ3n) is 3.33. The fraction of sp³-hybridized carbons (Fsp3) is 0.385. The summed E-state index contributed by atoms with van der Waals surface area (Å²) in [5, 5.41) is 15.0. The van der Waals surface area contributed by atoms with Crippen molar-refractivity contribution in [1.82, 2.24) is 10.1 Å². The van der Waals surface area contributed by atoms with Crippen molar-refractivity contribution in [2.24, 2.45) is 5.92 Å². The molecule has 1 N–H and O–H groups in total. The van der Waals surface area contributed by atoms with Crippen LogP contribution in [0.1, 0.15) is 12.1 Å². The predicted octanol–water partition coefficient (Wildman–Crippen LogP) is 2.31. The molecule has 3 rings (SSSR count). The first-order valence-corrected chi connectivity index (χ1v) is 7.05. The Bertz CT molecular complexity index is 564. The van der Waals surface area contributed by atoms with E-state index in [-0.39, 0.29) is 5.92 Å². The Kier molecular flexibility index (Phi) is 3.35. The topological polar surface area (TPSA) is 66.6 Å². The van der Waals surface area contributed by atoms with Crippen LogP contribution < -0.4 is 0 Å². The molecule has 1 fully saturated rings. The highest BCUT2D eigenvalue weighted by Crippen LogP contribution is 2.26. The molecular weight excluding hydrogens is 264 g/mol. The average molecular weight is 278 g/mol. The minimum atomic E-state index is -0.707. The zero-order valence-electron chi connectivity index (χ0n) is 10.3. The smallest absolute Gasteiger partial charge is 0.307 e. The summed E-state index contributed by atoms with van der Waals surface area (Å²) in [7, 11) is 0. The van der Waals surface area contributed by atoms with Gasteiger partial charge in [0, 0.05) is 19.2 Å². The number of hydrogen-bond acceptors (Lipinski definition) is 5. The predicted molar refractivity (Wildman–Crippen MR) is 70.8 cm³/mol. The molecule has 5 nitrogen and oxygen atoms in total. The lowest BCUT2D eigenvalue weighted by atomic mass is 10.1. The molecule has 100 valence electrons. The lowest BCUT2D eigenvalue weighted by Gasteiger charge is -2.12. The van der Waals surface area contributed by atoms with Gasteiger partial charge in [-0.25, -0.2) is 0 Å². The van der Waals surface area contributed by atoms with Crippen LogP contribution in [0.3, 0.4) is 0 Å². The molecule has 1 saturated heterocycles. The van der Waals surface area contributed by atoms with Crippen molar-refractivity contribution < 1.29 is 14.4 Å². The minimum Gasteiger partial charge on any atom is -0.481 e. The summed E-state index contributed by atoms with van der Waals surface area (Å²) in [6, 6.07) is 5.89. The maximum atomic E-state index is 10.9. The van der Waals surface area contributed by atoms with E-state index < -0.39 is 5.97 Å². The second-order valence-electron chi connectivity index (χ2n) is 4.72. The Balaban J connectivity index is 1.64. The van der Waals surface area contributed by atoms with Gasteiger partial charge in [0.05, 0.1) is 16.5 Å². The van der Waals surface area contributed by atoms with Gasteiger partial charge in [-0.05, 0) is 24.4 Å². The molecule has 3 heterocycles. The Hall–Kier alpha value is -1.66. The number of carboxylic acid groups (broad SMARTS) is 1. The van der Waals surface area contributed by atoms with Gasteiger partial charge in [-0.15, -0.1) is 11.3 Å². The van der Waals surface area contributed by atoms with Crippen LogP contribution in [0.15, 0.2) is 28.1 Å². The van der Waals surface area contributed by atoms with E-state index in [0.717, 1.165) is 22.9 Å². The molecule has 19 heavy (non-hydrogen) atoms. The molecule has 0 amide bonds. The third kappa shape index (κ3) is 2.69. The second kappa shape index (κ2) is 5.14. The van der Waals surface area contributed by atoms with Gasteiger partial charge in [-0.1, -0.05) is 11.2 Å². The molecule has 0 spiro atoms. The molecule has 0 bridgehead atoms. The number of nitrogens with zero attached hydrogens (tertiary/aromatic N) is 2. The third-order valence-corrected chi connectivity index (χ3v) is 4.21. The van der Waals surface area contributed by atoms with Crippen molar-refractivity contribution in [2.45, 2.75) is 13.0 Å². The molecule has 1 aliphatic heterocycles. The van der Waals surface area contributed by atoms with Crippen molar-refractivity contribution in [2.75, 3.05) is 13.1 Å². The summed E-state index contributed by atoms with van der Waals surface area (Å²) in [6.45, 7) is 2.05. The van der Waals surface area contributed by atoms with Crippen LogP contribution in [0.2, 0.25) is 0 Å². The number of aliphatic carboxylic acids is 1. The van der Waals surface area contributed by atoms with E-state index in [0.29, 0.717) is 19.5 Å². The van der Waals surface area contributed by atoms with E-state index in [1.54, 1.807) is 11.3 Å². The maximum Gasteiger partial charge on any atom is 0.307 e. The number of aromatic nitrogens is 1. The molecule has 0 aromatic carbocycles. The standard InChI is InChI=1S/C13H14N2O3S/c16-13(17)9-3-4-15(7-9)8-10-6-11(18-14-10)12-2-1-5-19-12/h1-2,5-6,9H,3-4,7-8H2,(H,16,17)/t9-/m1/s1. The highest BCUT2D eigenvalue weighted by atomic mass is 32.1. The van der Waals surface area contributed by atoms with Crippen LogP contribution in [-0.2, 0) is 11.3 Å². The SMILES string of the molecule is O=C(O)[C@@H]1CCN(Cc2cc(-c3cccs3)on2)C1. The quantitative estimate of drug-likeness (QED) is 0.929. The van der Waals surface area contributed by atoms with Gasteiger partial charge in [0.15, 0.2) is 5.76 Å². The van der Waals surface area contributed by atoms with E-state index in [2.05, 4.69) is 10.1 Å². The molecule has 0 radical (unpaired) electrons. The van der Waals surface area contributed by atoms with Crippen molar-refractivity contribution in [3.63, 3.8) is 0 Å². The Morgan fingerprint density at radius 2 is 2.53 bits per heavy atom. The van der Waals surface area contributed by atoms with Crippen molar-refractivity contribution in [1.29, 1.82) is 0 Å². The van der Waals surface area contributed by atoms with Crippen molar-refractivity contribution >= 4 is 17.3 Å². The monoisotopic (exact) mass is 278 g/mol. The largest absolute Gasteiger partial charge is 0.481 e. The molecule has 2 aromatic rings. The summed E-state index contributed by atoms with van der Waals surface area (Å²) in [6.07, 6.45) is 0.713. The summed E-state index contributed by atoms with van der Waals surface area (Å²) in [5.74, 6) is -0.176. The highest BCUT2D eigenvalue weighted by Gasteiger charge is 2.28.